The number of likely N-dealkylation sites (tertiary alicyclic amines) is 1. The summed E-state index contributed by atoms with van der Waals surface area (Å²) in [6.45, 7) is 6.65. The fraction of sp³-hybridized carbons (Fsp3) is 0.379. The zero-order chi connectivity index (χ0) is 27.4. The van der Waals surface area contributed by atoms with Gasteiger partial charge < -0.3 is 10.2 Å². The van der Waals surface area contributed by atoms with Crippen molar-refractivity contribution in [3.8, 4) is 0 Å². The van der Waals surface area contributed by atoms with Crippen LogP contribution < -0.4 is 10.2 Å². The van der Waals surface area contributed by atoms with Crippen molar-refractivity contribution >= 4 is 34.9 Å². The summed E-state index contributed by atoms with van der Waals surface area (Å²) in [6, 6.07) is 13.3. The SMILES string of the molecule is O=C(NCc1ccc(F)c(Cl)c1)c1cnc(N2CCN(C3CCN(Cc4ccc(F)cc4)CC3)CC2)c(Cl)c1. The average Bonchev–Trinajstić information content (AvgIpc) is 2.95. The summed E-state index contributed by atoms with van der Waals surface area (Å²) in [5.74, 6) is -0.318. The normalized spacial score (nSPS) is 17.4. The predicted molar refractivity (Wildman–Crippen MR) is 150 cm³/mol. The van der Waals surface area contributed by atoms with Gasteiger partial charge in [0, 0.05) is 51.5 Å². The van der Waals surface area contributed by atoms with E-state index in [2.05, 4.69) is 25.0 Å². The number of amides is 1. The Bertz CT molecular complexity index is 1290. The van der Waals surface area contributed by atoms with Crippen molar-refractivity contribution in [1.82, 2.24) is 20.1 Å². The van der Waals surface area contributed by atoms with Gasteiger partial charge in [-0.1, -0.05) is 41.4 Å². The van der Waals surface area contributed by atoms with E-state index in [1.807, 2.05) is 12.1 Å². The molecule has 0 spiro atoms. The zero-order valence-electron chi connectivity index (χ0n) is 21.6. The molecule has 39 heavy (non-hydrogen) atoms. The van der Waals surface area contributed by atoms with E-state index in [0.29, 0.717) is 28.0 Å². The molecular formula is C29H31Cl2F2N5O. The molecule has 3 aromatic rings. The van der Waals surface area contributed by atoms with Crippen LogP contribution in [0.1, 0.15) is 34.3 Å². The monoisotopic (exact) mass is 573 g/mol. The van der Waals surface area contributed by atoms with Crippen LogP contribution in [0, 0.1) is 11.6 Å². The van der Waals surface area contributed by atoms with E-state index in [-0.39, 0.29) is 23.3 Å². The number of hydrogen-bond donors (Lipinski definition) is 1. The number of halogens is 4. The Kier molecular flexibility index (Phi) is 8.97. The average molecular weight is 575 g/mol. The van der Waals surface area contributed by atoms with Gasteiger partial charge in [0.1, 0.15) is 17.5 Å². The lowest BCUT2D eigenvalue weighted by molar-refractivity contribution is 0.0950. The maximum absolute atomic E-state index is 13.3. The van der Waals surface area contributed by atoms with E-state index in [1.165, 1.54) is 30.5 Å². The maximum Gasteiger partial charge on any atom is 0.253 e. The number of anilines is 1. The van der Waals surface area contributed by atoms with Gasteiger partial charge in [-0.05, 0) is 67.4 Å². The molecule has 10 heteroatoms. The number of benzene rings is 2. The van der Waals surface area contributed by atoms with Crippen molar-refractivity contribution < 1.29 is 13.6 Å². The highest BCUT2D eigenvalue weighted by molar-refractivity contribution is 6.33. The Morgan fingerprint density at radius 3 is 2.26 bits per heavy atom. The first-order valence-electron chi connectivity index (χ1n) is 13.2. The van der Waals surface area contributed by atoms with E-state index in [1.54, 1.807) is 12.1 Å². The lowest BCUT2D eigenvalue weighted by Gasteiger charge is -2.43. The molecule has 206 valence electrons. The van der Waals surface area contributed by atoms with Crippen LogP contribution in [0.4, 0.5) is 14.6 Å². The molecule has 0 atom stereocenters. The molecule has 5 rings (SSSR count). The summed E-state index contributed by atoms with van der Waals surface area (Å²) in [5.41, 5.74) is 2.21. The number of piperidine rings is 1. The predicted octanol–water partition coefficient (Wildman–Crippen LogP) is 5.38. The topological polar surface area (TPSA) is 51.7 Å². The first-order valence-corrected chi connectivity index (χ1v) is 13.9. The van der Waals surface area contributed by atoms with Crippen molar-refractivity contribution in [2.75, 3.05) is 44.2 Å². The van der Waals surface area contributed by atoms with Crippen molar-refractivity contribution in [3.05, 3.63) is 93.1 Å². The Hall–Kier alpha value is -2.78. The molecule has 0 bridgehead atoms. The number of aromatic nitrogens is 1. The zero-order valence-corrected chi connectivity index (χ0v) is 23.1. The second-order valence-electron chi connectivity index (χ2n) is 10.1. The highest BCUT2D eigenvalue weighted by atomic mass is 35.5. The molecule has 2 aromatic carbocycles. The highest BCUT2D eigenvalue weighted by Crippen LogP contribution is 2.27. The number of carbonyl (C=O) groups excluding carboxylic acids is 1. The molecule has 2 fully saturated rings. The van der Waals surface area contributed by atoms with Crippen LogP contribution in [0.5, 0.6) is 0 Å². The van der Waals surface area contributed by atoms with Crippen LogP contribution in [-0.2, 0) is 13.1 Å². The first-order chi connectivity index (χ1) is 18.9. The molecule has 0 saturated carbocycles. The molecule has 6 nitrogen and oxygen atoms in total. The van der Waals surface area contributed by atoms with Crippen LogP contribution >= 0.6 is 23.2 Å². The molecule has 2 aliphatic rings. The van der Waals surface area contributed by atoms with Crippen molar-refractivity contribution in [1.29, 1.82) is 0 Å². The van der Waals surface area contributed by atoms with Crippen LogP contribution in [0.2, 0.25) is 10.0 Å². The van der Waals surface area contributed by atoms with Gasteiger partial charge in [0.2, 0.25) is 0 Å². The van der Waals surface area contributed by atoms with Crippen LogP contribution in [0.15, 0.2) is 54.7 Å². The van der Waals surface area contributed by atoms with E-state index in [9.17, 15) is 13.6 Å². The van der Waals surface area contributed by atoms with E-state index in [0.717, 1.165) is 64.2 Å². The molecule has 2 saturated heterocycles. The van der Waals surface area contributed by atoms with Gasteiger partial charge in [-0.2, -0.15) is 0 Å². The van der Waals surface area contributed by atoms with Gasteiger partial charge in [-0.15, -0.1) is 0 Å². The lowest BCUT2D eigenvalue weighted by Crippen LogP contribution is -2.53. The highest BCUT2D eigenvalue weighted by Gasteiger charge is 2.28. The Morgan fingerprint density at radius 2 is 1.59 bits per heavy atom. The van der Waals surface area contributed by atoms with Gasteiger partial charge in [0.25, 0.3) is 5.91 Å². The van der Waals surface area contributed by atoms with Crippen LogP contribution in [0.3, 0.4) is 0 Å². The molecule has 0 radical (unpaired) electrons. The number of pyridine rings is 1. The van der Waals surface area contributed by atoms with Crippen LogP contribution in [-0.4, -0.2) is 66.0 Å². The quantitative estimate of drug-likeness (QED) is 0.411. The standard InChI is InChI=1S/C29H31Cl2F2N5O/c30-25-15-21(3-6-27(25)33)17-35-29(39)22-16-26(31)28(34-18-22)38-13-11-37(12-14-38)24-7-9-36(10-8-24)19-20-1-4-23(32)5-2-20/h1-6,15-16,18,24H,7-14,17,19H2,(H,35,39). The maximum atomic E-state index is 13.3. The molecule has 3 heterocycles. The minimum atomic E-state index is -0.497. The summed E-state index contributed by atoms with van der Waals surface area (Å²) in [6.07, 6.45) is 3.78. The Morgan fingerprint density at radius 1 is 0.897 bits per heavy atom. The lowest BCUT2D eigenvalue weighted by atomic mass is 10.0. The van der Waals surface area contributed by atoms with Crippen molar-refractivity contribution in [3.63, 3.8) is 0 Å². The molecule has 0 unspecified atom stereocenters. The minimum absolute atomic E-state index is 0.0169. The first kappa shape index (κ1) is 27.8. The summed E-state index contributed by atoms with van der Waals surface area (Å²) in [5, 5.41) is 3.25. The number of nitrogens with zero attached hydrogens (tertiary/aromatic N) is 4. The summed E-state index contributed by atoms with van der Waals surface area (Å²) < 4.78 is 26.5. The third-order valence-electron chi connectivity index (χ3n) is 7.53. The molecule has 1 amide bonds. The van der Waals surface area contributed by atoms with Gasteiger partial charge in [-0.25, -0.2) is 13.8 Å². The van der Waals surface area contributed by atoms with Crippen molar-refractivity contribution in [2.45, 2.75) is 32.0 Å². The molecule has 0 aliphatic carbocycles. The van der Waals surface area contributed by atoms with E-state index >= 15 is 0 Å². The van der Waals surface area contributed by atoms with E-state index < -0.39 is 5.82 Å². The second kappa shape index (κ2) is 12.6. The fourth-order valence-electron chi connectivity index (χ4n) is 5.31. The van der Waals surface area contributed by atoms with Gasteiger partial charge >= 0.3 is 0 Å². The van der Waals surface area contributed by atoms with Crippen molar-refractivity contribution in [2.24, 2.45) is 0 Å². The Balaban J connectivity index is 1.08. The second-order valence-corrected chi connectivity index (χ2v) is 10.9. The summed E-state index contributed by atoms with van der Waals surface area (Å²) in [7, 11) is 0. The van der Waals surface area contributed by atoms with Gasteiger partial charge in [0.15, 0.2) is 0 Å². The molecule has 1 N–H and O–H groups in total. The largest absolute Gasteiger partial charge is 0.353 e. The third-order valence-corrected chi connectivity index (χ3v) is 8.10. The molecular weight excluding hydrogens is 543 g/mol. The number of piperazine rings is 1. The number of carbonyl (C=O) groups is 1. The summed E-state index contributed by atoms with van der Waals surface area (Å²) in [4.78, 5) is 24.3. The van der Waals surface area contributed by atoms with Gasteiger partial charge in [0.05, 0.1) is 15.6 Å². The number of rotatable bonds is 7. The molecule has 2 aliphatic heterocycles. The fourth-order valence-corrected chi connectivity index (χ4v) is 5.80. The molecule has 1 aromatic heterocycles. The number of hydrogen-bond acceptors (Lipinski definition) is 5. The Labute approximate surface area is 237 Å². The van der Waals surface area contributed by atoms with Crippen LogP contribution in [0.25, 0.3) is 0 Å². The smallest absolute Gasteiger partial charge is 0.253 e. The van der Waals surface area contributed by atoms with E-state index in [4.69, 9.17) is 23.2 Å². The number of nitrogens with one attached hydrogen (secondary N) is 1. The third kappa shape index (κ3) is 7.06. The summed E-state index contributed by atoms with van der Waals surface area (Å²) >= 11 is 12.4. The van der Waals surface area contributed by atoms with Gasteiger partial charge in [-0.3, -0.25) is 14.6 Å². The minimum Gasteiger partial charge on any atom is -0.353 e.